The highest BCUT2D eigenvalue weighted by molar-refractivity contribution is 7.92. The molecule has 0 fully saturated rings. The van der Waals surface area contributed by atoms with Crippen molar-refractivity contribution >= 4 is 33.2 Å². The average molecular weight is 501 g/mol. The lowest BCUT2D eigenvalue weighted by Gasteiger charge is -2.27. The number of ether oxygens (including phenoxy) is 1. The number of amides is 1. The van der Waals surface area contributed by atoms with Gasteiger partial charge in [-0.3, -0.25) is 9.10 Å². The quantitative estimate of drug-likeness (QED) is 0.425. The van der Waals surface area contributed by atoms with E-state index in [0.29, 0.717) is 22.7 Å². The third-order valence-electron chi connectivity index (χ3n) is 5.59. The van der Waals surface area contributed by atoms with Crippen LogP contribution in [-0.4, -0.2) is 28.0 Å². The Bertz CT molecular complexity index is 1240. The number of halogens is 1. The Balaban J connectivity index is 1.93. The monoisotopic (exact) mass is 500 g/mol. The summed E-state index contributed by atoms with van der Waals surface area (Å²) < 4.78 is 33.6. The molecule has 0 aliphatic heterocycles. The molecule has 8 heteroatoms. The molecule has 180 valence electrons. The smallest absolute Gasteiger partial charge is 0.264 e. The third kappa shape index (κ3) is 5.90. The lowest BCUT2D eigenvalue weighted by Crippen LogP contribution is -2.42. The number of methoxy groups -OCH3 is 1. The number of anilines is 1. The van der Waals surface area contributed by atoms with Gasteiger partial charge in [-0.05, 0) is 73.9 Å². The predicted octanol–water partition coefficient (Wildman–Crippen LogP) is 5.43. The van der Waals surface area contributed by atoms with Crippen molar-refractivity contribution < 1.29 is 17.9 Å². The zero-order valence-corrected chi connectivity index (χ0v) is 21.3. The molecule has 0 spiro atoms. The van der Waals surface area contributed by atoms with Crippen molar-refractivity contribution in [2.45, 2.75) is 38.1 Å². The summed E-state index contributed by atoms with van der Waals surface area (Å²) in [7, 11) is -2.41. The van der Waals surface area contributed by atoms with E-state index in [1.807, 2.05) is 38.1 Å². The Morgan fingerprint density at radius 3 is 2.24 bits per heavy atom. The molecule has 6 nitrogen and oxygen atoms in total. The number of carbonyl (C=O) groups excluding carboxylic acids is 1. The molecule has 0 saturated carbocycles. The van der Waals surface area contributed by atoms with E-state index in [-0.39, 0.29) is 17.5 Å². The van der Waals surface area contributed by atoms with Crippen LogP contribution >= 0.6 is 11.6 Å². The Morgan fingerprint density at radius 1 is 1.03 bits per heavy atom. The van der Waals surface area contributed by atoms with E-state index >= 15 is 0 Å². The second-order valence-electron chi connectivity index (χ2n) is 8.06. The summed E-state index contributed by atoms with van der Waals surface area (Å²) in [6.07, 6.45) is 0.642. The van der Waals surface area contributed by atoms with Gasteiger partial charge in [-0.25, -0.2) is 8.42 Å². The van der Waals surface area contributed by atoms with Crippen LogP contribution in [0.4, 0.5) is 5.69 Å². The molecule has 1 atom stereocenters. The van der Waals surface area contributed by atoms with Gasteiger partial charge < -0.3 is 10.1 Å². The first-order chi connectivity index (χ1) is 16.1. The third-order valence-corrected chi connectivity index (χ3v) is 7.59. The van der Waals surface area contributed by atoms with Gasteiger partial charge in [-0.1, -0.05) is 48.4 Å². The molecule has 0 aliphatic rings. The molecule has 0 saturated heterocycles. The van der Waals surface area contributed by atoms with E-state index in [2.05, 4.69) is 5.32 Å². The fourth-order valence-corrected chi connectivity index (χ4v) is 5.38. The summed E-state index contributed by atoms with van der Waals surface area (Å²) in [6.45, 7) is 5.24. The fraction of sp³-hybridized carbons (Fsp3) is 0.269. The minimum absolute atomic E-state index is 0.113. The number of nitrogens with zero attached hydrogens (tertiary/aromatic N) is 1. The zero-order chi connectivity index (χ0) is 24.9. The number of hydrogen-bond acceptors (Lipinski definition) is 4. The maximum Gasteiger partial charge on any atom is 0.264 e. The van der Waals surface area contributed by atoms with Gasteiger partial charge in [0, 0.05) is 5.02 Å². The first-order valence-corrected chi connectivity index (χ1v) is 12.8. The van der Waals surface area contributed by atoms with Crippen molar-refractivity contribution in [3.8, 4) is 5.75 Å². The van der Waals surface area contributed by atoms with Gasteiger partial charge in [0.1, 0.15) is 12.3 Å². The molecule has 0 unspecified atom stereocenters. The molecule has 0 aromatic heterocycles. The van der Waals surface area contributed by atoms with Crippen LogP contribution in [0.15, 0.2) is 71.6 Å². The van der Waals surface area contributed by atoms with Crippen molar-refractivity contribution in [1.29, 1.82) is 0 Å². The predicted molar refractivity (Wildman–Crippen MR) is 136 cm³/mol. The lowest BCUT2D eigenvalue weighted by atomic mass is 10.0. The van der Waals surface area contributed by atoms with Crippen molar-refractivity contribution in [2.75, 3.05) is 18.0 Å². The van der Waals surface area contributed by atoms with Crippen molar-refractivity contribution in [3.63, 3.8) is 0 Å². The van der Waals surface area contributed by atoms with Crippen molar-refractivity contribution in [3.05, 3.63) is 88.4 Å². The Kier molecular flexibility index (Phi) is 8.23. The second-order valence-corrected chi connectivity index (χ2v) is 10.4. The highest BCUT2D eigenvalue weighted by atomic mass is 35.5. The number of benzene rings is 3. The number of hydrogen-bond donors (Lipinski definition) is 1. The number of nitrogens with one attached hydrogen (secondary N) is 1. The van der Waals surface area contributed by atoms with Crippen LogP contribution in [0.2, 0.25) is 5.02 Å². The Morgan fingerprint density at radius 2 is 1.68 bits per heavy atom. The molecular formula is C26H29ClN2O4S. The SMILES string of the molecule is CC[C@H](NC(=O)CN(c1ccc(Cl)cc1C)S(=O)(=O)c1ccc(C)cc1)c1ccc(OC)cc1. The molecule has 3 rings (SSSR count). The summed E-state index contributed by atoms with van der Waals surface area (Å²) in [6, 6.07) is 18.6. The highest BCUT2D eigenvalue weighted by Gasteiger charge is 2.29. The summed E-state index contributed by atoms with van der Waals surface area (Å²) in [5, 5.41) is 3.46. The molecule has 1 N–H and O–H groups in total. The van der Waals surface area contributed by atoms with Crippen molar-refractivity contribution in [1.82, 2.24) is 5.32 Å². The minimum atomic E-state index is -4.00. The van der Waals surface area contributed by atoms with Gasteiger partial charge in [-0.15, -0.1) is 0 Å². The number of carbonyl (C=O) groups is 1. The summed E-state index contributed by atoms with van der Waals surface area (Å²) in [5.74, 6) is 0.311. The largest absolute Gasteiger partial charge is 0.497 e. The average Bonchev–Trinajstić information content (AvgIpc) is 2.82. The molecule has 3 aromatic carbocycles. The molecule has 0 radical (unpaired) electrons. The number of rotatable bonds is 9. The standard InChI is InChI=1S/C26H29ClN2O4S/c1-5-24(20-8-11-22(33-4)12-9-20)28-26(30)17-29(25-15-10-21(27)16-19(25)3)34(31,32)23-13-6-18(2)7-14-23/h6-16,24H,5,17H2,1-4H3,(H,28,30)/t24-/m0/s1. The molecule has 0 bridgehead atoms. The van der Waals surface area contributed by atoms with Crippen LogP contribution in [0.5, 0.6) is 5.75 Å². The minimum Gasteiger partial charge on any atom is -0.497 e. The van der Waals surface area contributed by atoms with Crippen LogP contribution in [0.3, 0.4) is 0 Å². The van der Waals surface area contributed by atoms with E-state index in [1.54, 1.807) is 56.5 Å². The molecule has 34 heavy (non-hydrogen) atoms. The Hall–Kier alpha value is -3.03. The second kappa shape index (κ2) is 10.9. The first kappa shape index (κ1) is 25.6. The summed E-state index contributed by atoms with van der Waals surface area (Å²) in [4.78, 5) is 13.2. The molecule has 3 aromatic rings. The van der Waals surface area contributed by atoms with Gasteiger partial charge in [0.15, 0.2) is 0 Å². The van der Waals surface area contributed by atoms with Gasteiger partial charge >= 0.3 is 0 Å². The molecule has 0 aliphatic carbocycles. The van der Waals surface area contributed by atoms with E-state index in [9.17, 15) is 13.2 Å². The van der Waals surface area contributed by atoms with Crippen LogP contribution in [-0.2, 0) is 14.8 Å². The fourth-order valence-electron chi connectivity index (χ4n) is 3.66. The van der Waals surface area contributed by atoms with Crippen LogP contribution < -0.4 is 14.4 Å². The van der Waals surface area contributed by atoms with E-state index in [0.717, 1.165) is 21.2 Å². The van der Waals surface area contributed by atoms with Gasteiger partial charge in [0.05, 0.1) is 23.7 Å². The first-order valence-electron chi connectivity index (χ1n) is 10.9. The summed E-state index contributed by atoms with van der Waals surface area (Å²) >= 11 is 6.10. The zero-order valence-electron chi connectivity index (χ0n) is 19.7. The van der Waals surface area contributed by atoms with E-state index < -0.39 is 15.9 Å². The normalized spacial score (nSPS) is 12.1. The highest BCUT2D eigenvalue weighted by Crippen LogP contribution is 2.29. The van der Waals surface area contributed by atoms with Gasteiger partial charge in [0.25, 0.3) is 10.0 Å². The van der Waals surface area contributed by atoms with Crippen LogP contribution in [0.1, 0.15) is 36.1 Å². The number of sulfonamides is 1. The molecular weight excluding hydrogens is 472 g/mol. The topological polar surface area (TPSA) is 75.7 Å². The molecule has 0 heterocycles. The van der Waals surface area contributed by atoms with Crippen LogP contribution in [0.25, 0.3) is 0 Å². The van der Waals surface area contributed by atoms with Gasteiger partial charge in [-0.2, -0.15) is 0 Å². The lowest BCUT2D eigenvalue weighted by molar-refractivity contribution is -0.120. The maximum atomic E-state index is 13.6. The summed E-state index contributed by atoms with van der Waals surface area (Å²) in [5.41, 5.74) is 2.90. The Labute approximate surface area is 206 Å². The van der Waals surface area contributed by atoms with Gasteiger partial charge in [0.2, 0.25) is 5.91 Å². The van der Waals surface area contributed by atoms with E-state index in [4.69, 9.17) is 16.3 Å². The van der Waals surface area contributed by atoms with Crippen molar-refractivity contribution in [2.24, 2.45) is 0 Å². The molecule has 1 amide bonds. The van der Waals surface area contributed by atoms with E-state index in [1.165, 1.54) is 0 Å². The number of aryl methyl sites for hydroxylation is 2. The van der Waals surface area contributed by atoms with Crippen LogP contribution in [0, 0.1) is 13.8 Å². The maximum absolute atomic E-state index is 13.6.